The van der Waals surface area contributed by atoms with E-state index >= 15 is 0 Å². The van der Waals surface area contributed by atoms with Crippen LogP contribution >= 0.6 is 0 Å². The third kappa shape index (κ3) is 4.40. The maximum Gasteiger partial charge on any atom is 0.255 e. The van der Waals surface area contributed by atoms with Crippen LogP contribution < -0.4 is 14.8 Å². The van der Waals surface area contributed by atoms with Gasteiger partial charge in [-0.2, -0.15) is 0 Å². The van der Waals surface area contributed by atoms with E-state index in [9.17, 15) is 13.2 Å². The number of carbonyl (C=O) groups excluding carboxylic acids is 1. The second-order valence-electron chi connectivity index (χ2n) is 8.88. The van der Waals surface area contributed by atoms with E-state index in [1.807, 2.05) is 30.3 Å². The van der Waals surface area contributed by atoms with E-state index in [2.05, 4.69) is 22.2 Å². The molecule has 1 aliphatic carbocycles. The normalized spacial score (nSPS) is 12.8. The third-order valence-electron chi connectivity index (χ3n) is 5.21. The molecule has 0 radical (unpaired) electrons. The highest BCUT2D eigenvalue weighted by Gasteiger charge is 2.26. The van der Waals surface area contributed by atoms with Gasteiger partial charge in [-0.3, -0.25) is 4.79 Å². The maximum atomic E-state index is 12.9. The number of hydrogen-bond donors (Lipinski definition) is 2. The number of hydrogen-bond acceptors (Lipinski definition) is 4. The first kappa shape index (κ1) is 22.0. The number of sulfonamides is 1. The van der Waals surface area contributed by atoms with Crippen molar-refractivity contribution in [3.8, 4) is 16.9 Å². The van der Waals surface area contributed by atoms with Crippen LogP contribution in [0, 0.1) is 0 Å². The van der Waals surface area contributed by atoms with E-state index in [1.54, 1.807) is 26.8 Å². The predicted octanol–water partition coefficient (Wildman–Crippen LogP) is 4.60. The summed E-state index contributed by atoms with van der Waals surface area (Å²) < 4.78 is 33.6. The molecule has 4 rings (SSSR count). The van der Waals surface area contributed by atoms with Crippen molar-refractivity contribution in [3.05, 3.63) is 77.4 Å². The Balaban J connectivity index is 1.60. The molecule has 0 fully saturated rings. The van der Waals surface area contributed by atoms with Gasteiger partial charge in [-0.15, -0.1) is 0 Å². The summed E-state index contributed by atoms with van der Waals surface area (Å²) >= 11 is 0. The van der Waals surface area contributed by atoms with Gasteiger partial charge >= 0.3 is 0 Å². The fourth-order valence-corrected chi connectivity index (χ4v) is 5.53. The van der Waals surface area contributed by atoms with Crippen molar-refractivity contribution in [3.63, 3.8) is 0 Å². The summed E-state index contributed by atoms with van der Waals surface area (Å²) in [6, 6.07) is 18.5. The molecule has 0 aromatic heterocycles. The molecule has 3 aromatic carbocycles. The molecule has 7 heteroatoms. The Labute approximate surface area is 188 Å². The molecule has 0 saturated heterocycles. The van der Waals surface area contributed by atoms with Crippen molar-refractivity contribution in [1.29, 1.82) is 0 Å². The Morgan fingerprint density at radius 2 is 1.66 bits per heavy atom. The summed E-state index contributed by atoms with van der Waals surface area (Å²) in [7, 11) is -2.49. The van der Waals surface area contributed by atoms with Crippen LogP contribution in [-0.4, -0.2) is 27.0 Å². The van der Waals surface area contributed by atoms with Gasteiger partial charge in [0.05, 0.1) is 7.11 Å². The Kier molecular flexibility index (Phi) is 5.56. The first-order chi connectivity index (χ1) is 15.1. The summed E-state index contributed by atoms with van der Waals surface area (Å²) in [5, 5.41) is 2.88. The fraction of sp³-hybridized carbons (Fsp3) is 0.240. The first-order valence-electron chi connectivity index (χ1n) is 10.3. The van der Waals surface area contributed by atoms with E-state index in [0.29, 0.717) is 5.69 Å². The monoisotopic (exact) mass is 450 g/mol. The van der Waals surface area contributed by atoms with Crippen molar-refractivity contribution >= 4 is 21.6 Å². The lowest BCUT2D eigenvalue weighted by molar-refractivity contribution is 0.102. The standard InChI is InChI=1S/C25H26N2O4S/c1-25(2,3)27-32(29,30)23-15-17(9-12-22(23)31-4)24(28)26-19-10-11-21-18(14-19)13-16-7-5-6-8-20(16)21/h5-12,14-15,27H,13H2,1-4H3,(H,26,28). The number of methoxy groups -OCH3 is 1. The first-order valence-corrected chi connectivity index (χ1v) is 11.8. The molecule has 0 heterocycles. The van der Waals surface area contributed by atoms with E-state index in [-0.39, 0.29) is 16.2 Å². The molecule has 1 amide bonds. The van der Waals surface area contributed by atoms with E-state index in [1.165, 1.54) is 35.9 Å². The van der Waals surface area contributed by atoms with Crippen LogP contribution in [-0.2, 0) is 16.4 Å². The van der Waals surface area contributed by atoms with E-state index in [0.717, 1.165) is 12.0 Å². The Hall–Kier alpha value is -3.16. The smallest absolute Gasteiger partial charge is 0.255 e. The fourth-order valence-electron chi connectivity index (χ4n) is 3.91. The molecule has 2 N–H and O–H groups in total. The van der Waals surface area contributed by atoms with Crippen molar-refractivity contribution in [2.45, 2.75) is 37.6 Å². The number of rotatable bonds is 5. The van der Waals surface area contributed by atoms with Crippen LogP contribution in [0.3, 0.4) is 0 Å². The molecule has 6 nitrogen and oxygen atoms in total. The van der Waals surface area contributed by atoms with Gasteiger partial charge in [-0.1, -0.05) is 30.3 Å². The average Bonchev–Trinajstić information content (AvgIpc) is 3.09. The van der Waals surface area contributed by atoms with Crippen LogP contribution in [0.4, 0.5) is 5.69 Å². The van der Waals surface area contributed by atoms with Crippen LogP contribution in [0.5, 0.6) is 5.75 Å². The number of nitrogens with one attached hydrogen (secondary N) is 2. The Bertz CT molecular complexity index is 1310. The van der Waals surface area contributed by atoms with Gasteiger partial charge in [-0.05, 0) is 79.8 Å². The minimum Gasteiger partial charge on any atom is -0.495 e. The van der Waals surface area contributed by atoms with Gasteiger partial charge in [0, 0.05) is 16.8 Å². The van der Waals surface area contributed by atoms with Crippen molar-refractivity contribution in [2.24, 2.45) is 0 Å². The number of carbonyl (C=O) groups is 1. The molecule has 32 heavy (non-hydrogen) atoms. The van der Waals surface area contributed by atoms with Crippen LogP contribution in [0.1, 0.15) is 42.3 Å². The van der Waals surface area contributed by atoms with Crippen molar-refractivity contribution < 1.29 is 17.9 Å². The van der Waals surface area contributed by atoms with Gasteiger partial charge < -0.3 is 10.1 Å². The molecule has 0 atom stereocenters. The van der Waals surface area contributed by atoms with Gasteiger partial charge in [0.2, 0.25) is 10.0 Å². The van der Waals surface area contributed by atoms with Gasteiger partial charge in [0.1, 0.15) is 10.6 Å². The maximum absolute atomic E-state index is 12.9. The molecule has 0 spiro atoms. The lowest BCUT2D eigenvalue weighted by Gasteiger charge is -2.21. The highest BCUT2D eigenvalue weighted by atomic mass is 32.2. The Morgan fingerprint density at radius 1 is 0.938 bits per heavy atom. The van der Waals surface area contributed by atoms with E-state index in [4.69, 9.17) is 4.74 Å². The van der Waals surface area contributed by atoms with Gasteiger partial charge in [0.25, 0.3) is 5.91 Å². The zero-order valence-electron chi connectivity index (χ0n) is 18.5. The molecule has 0 aliphatic heterocycles. The van der Waals surface area contributed by atoms with Crippen LogP contribution in [0.15, 0.2) is 65.6 Å². The topological polar surface area (TPSA) is 84.5 Å². The van der Waals surface area contributed by atoms with Gasteiger partial charge in [0.15, 0.2) is 0 Å². The number of anilines is 1. The SMILES string of the molecule is COc1ccc(C(=O)Nc2ccc3c(c2)Cc2ccccc2-3)cc1S(=O)(=O)NC(C)(C)C. The summed E-state index contributed by atoms with van der Waals surface area (Å²) in [6.07, 6.45) is 0.818. The Morgan fingerprint density at radius 3 is 2.38 bits per heavy atom. The zero-order valence-corrected chi connectivity index (χ0v) is 19.3. The molecule has 166 valence electrons. The number of amides is 1. The highest BCUT2D eigenvalue weighted by Crippen LogP contribution is 2.37. The zero-order chi connectivity index (χ0) is 23.1. The lowest BCUT2D eigenvalue weighted by Crippen LogP contribution is -2.40. The second-order valence-corrected chi connectivity index (χ2v) is 10.5. The summed E-state index contributed by atoms with van der Waals surface area (Å²) in [5.41, 5.74) is 5.02. The van der Waals surface area contributed by atoms with Crippen molar-refractivity contribution in [1.82, 2.24) is 4.72 Å². The number of ether oxygens (including phenoxy) is 1. The molecular formula is C25H26N2O4S. The predicted molar refractivity (Wildman–Crippen MR) is 126 cm³/mol. The molecule has 0 saturated carbocycles. The third-order valence-corrected chi connectivity index (χ3v) is 6.99. The van der Waals surface area contributed by atoms with Crippen LogP contribution in [0.25, 0.3) is 11.1 Å². The average molecular weight is 451 g/mol. The van der Waals surface area contributed by atoms with E-state index < -0.39 is 21.5 Å². The number of fused-ring (bicyclic) bond motifs is 3. The minimum absolute atomic E-state index is 0.0769. The van der Waals surface area contributed by atoms with Crippen molar-refractivity contribution in [2.75, 3.05) is 12.4 Å². The molecule has 1 aliphatic rings. The number of benzene rings is 3. The summed E-state index contributed by atoms with van der Waals surface area (Å²) in [4.78, 5) is 12.9. The van der Waals surface area contributed by atoms with Gasteiger partial charge in [-0.25, -0.2) is 13.1 Å². The lowest BCUT2D eigenvalue weighted by atomic mass is 10.1. The summed E-state index contributed by atoms with van der Waals surface area (Å²) in [6.45, 7) is 5.25. The molecule has 3 aromatic rings. The summed E-state index contributed by atoms with van der Waals surface area (Å²) in [5.74, 6) is -0.219. The van der Waals surface area contributed by atoms with Crippen LogP contribution in [0.2, 0.25) is 0 Å². The largest absolute Gasteiger partial charge is 0.495 e. The molecule has 0 bridgehead atoms. The molecule has 0 unspecified atom stereocenters. The highest BCUT2D eigenvalue weighted by molar-refractivity contribution is 7.89. The second kappa shape index (κ2) is 8.07. The molecular weight excluding hydrogens is 424 g/mol. The minimum atomic E-state index is -3.88. The quantitative estimate of drug-likeness (QED) is 0.466.